The summed E-state index contributed by atoms with van der Waals surface area (Å²) in [4.78, 5) is 0.264. The number of fused-ring (bicyclic) bond motifs is 1. The number of aryl methyl sites for hydroxylation is 1. The molecule has 4 rings (SSSR count). The van der Waals surface area contributed by atoms with Crippen LogP contribution in [0.2, 0.25) is 0 Å². The fourth-order valence-electron chi connectivity index (χ4n) is 3.30. The van der Waals surface area contributed by atoms with Crippen LogP contribution in [0.3, 0.4) is 0 Å². The van der Waals surface area contributed by atoms with E-state index >= 15 is 0 Å². The lowest BCUT2D eigenvalue weighted by molar-refractivity contribution is 0.572. The molecule has 0 spiro atoms. The van der Waals surface area contributed by atoms with Crippen LogP contribution in [-0.4, -0.2) is 8.42 Å². The number of sulfonamides is 1. The van der Waals surface area contributed by atoms with E-state index in [0.29, 0.717) is 0 Å². The van der Waals surface area contributed by atoms with Gasteiger partial charge < -0.3 is 0 Å². The zero-order chi connectivity index (χ0) is 19.6. The third-order valence-electron chi connectivity index (χ3n) is 4.84. The highest BCUT2D eigenvalue weighted by atomic mass is 32.2. The van der Waals surface area contributed by atoms with Crippen LogP contribution in [0.25, 0.3) is 10.8 Å². The minimum absolute atomic E-state index is 0.264. The molecule has 0 amide bonds. The van der Waals surface area contributed by atoms with Crippen molar-refractivity contribution < 1.29 is 8.42 Å². The molecule has 0 aliphatic rings. The number of hydrogen-bond donors (Lipinski definition) is 1. The summed E-state index contributed by atoms with van der Waals surface area (Å²) in [5.41, 5.74) is 2.82. The predicted octanol–water partition coefficient (Wildman–Crippen LogP) is 5.22. The molecule has 4 aromatic rings. The Labute approximate surface area is 165 Å². The second kappa shape index (κ2) is 7.58. The van der Waals surface area contributed by atoms with Gasteiger partial charge in [-0.05, 0) is 47.0 Å². The fourth-order valence-corrected chi connectivity index (χ4v) is 4.51. The Morgan fingerprint density at radius 1 is 0.679 bits per heavy atom. The molecule has 0 radical (unpaired) electrons. The van der Waals surface area contributed by atoms with Crippen molar-refractivity contribution in [1.82, 2.24) is 4.72 Å². The van der Waals surface area contributed by atoms with E-state index in [9.17, 15) is 8.42 Å². The molecule has 0 unspecified atom stereocenters. The van der Waals surface area contributed by atoms with Crippen molar-refractivity contribution in [3.8, 4) is 0 Å². The monoisotopic (exact) mass is 387 g/mol. The molecule has 4 heteroatoms. The molecule has 0 saturated carbocycles. The summed E-state index contributed by atoms with van der Waals surface area (Å²) in [5, 5.41) is 2.20. The summed E-state index contributed by atoms with van der Waals surface area (Å²) < 4.78 is 29.0. The largest absolute Gasteiger partial charge is 0.241 e. The molecule has 28 heavy (non-hydrogen) atoms. The number of nitrogens with one attached hydrogen (secondary N) is 1. The van der Waals surface area contributed by atoms with Crippen LogP contribution in [-0.2, 0) is 10.0 Å². The predicted molar refractivity (Wildman–Crippen MR) is 114 cm³/mol. The molecule has 0 fully saturated rings. The van der Waals surface area contributed by atoms with Crippen molar-refractivity contribution in [2.45, 2.75) is 17.9 Å². The first-order valence-electron chi connectivity index (χ1n) is 9.16. The maximum Gasteiger partial charge on any atom is 0.241 e. The standard InChI is InChI=1S/C24H21NO2S/c1-18-11-15-23(16-12-18)28(26,27)25-24(20-8-3-2-4-9-20)22-14-13-19-7-5-6-10-21(19)17-22/h2-17,24-25H,1H3/t24-/m1/s1. The van der Waals surface area contributed by atoms with Gasteiger partial charge in [-0.2, -0.15) is 4.72 Å². The first-order valence-corrected chi connectivity index (χ1v) is 10.6. The smallest absolute Gasteiger partial charge is 0.207 e. The minimum Gasteiger partial charge on any atom is -0.207 e. The average Bonchev–Trinajstić information content (AvgIpc) is 2.73. The van der Waals surface area contributed by atoms with Crippen LogP contribution in [0.1, 0.15) is 22.7 Å². The molecule has 0 saturated heterocycles. The Kier molecular flexibility index (Phi) is 4.99. The summed E-state index contributed by atoms with van der Waals surface area (Å²) >= 11 is 0. The molecule has 0 aliphatic heterocycles. The Morgan fingerprint density at radius 3 is 2.04 bits per heavy atom. The Hall–Kier alpha value is -2.95. The van der Waals surface area contributed by atoms with Gasteiger partial charge in [0.2, 0.25) is 10.0 Å². The highest BCUT2D eigenvalue weighted by Crippen LogP contribution is 2.27. The van der Waals surface area contributed by atoms with Gasteiger partial charge in [-0.3, -0.25) is 0 Å². The topological polar surface area (TPSA) is 46.2 Å². The molecule has 1 N–H and O–H groups in total. The number of rotatable bonds is 5. The first-order chi connectivity index (χ1) is 13.5. The van der Waals surface area contributed by atoms with Crippen LogP contribution in [0, 0.1) is 6.92 Å². The first kappa shape index (κ1) is 18.4. The SMILES string of the molecule is Cc1ccc(S(=O)(=O)N[C@H](c2ccccc2)c2ccc3ccccc3c2)cc1. The Morgan fingerprint density at radius 2 is 1.32 bits per heavy atom. The molecule has 3 nitrogen and oxygen atoms in total. The van der Waals surface area contributed by atoms with Crippen molar-refractivity contribution in [2.75, 3.05) is 0 Å². The summed E-state index contributed by atoms with van der Waals surface area (Å²) in [5.74, 6) is 0. The average molecular weight is 388 g/mol. The van der Waals surface area contributed by atoms with E-state index in [2.05, 4.69) is 4.72 Å². The molecule has 4 aromatic carbocycles. The molecule has 1 atom stereocenters. The summed E-state index contributed by atoms with van der Waals surface area (Å²) in [6.45, 7) is 1.94. The molecular weight excluding hydrogens is 366 g/mol. The van der Waals surface area contributed by atoms with Crippen molar-refractivity contribution in [3.05, 3.63) is 114 Å². The highest BCUT2D eigenvalue weighted by Gasteiger charge is 2.23. The van der Waals surface area contributed by atoms with E-state index in [1.165, 1.54) is 0 Å². The Balaban J connectivity index is 1.78. The van der Waals surface area contributed by atoms with E-state index in [4.69, 9.17) is 0 Å². The van der Waals surface area contributed by atoms with E-state index in [0.717, 1.165) is 27.5 Å². The van der Waals surface area contributed by atoms with Gasteiger partial charge in [-0.25, -0.2) is 8.42 Å². The third-order valence-corrected chi connectivity index (χ3v) is 6.28. The lowest BCUT2D eigenvalue weighted by Gasteiger charge is -2.20. The van der Waals surface area contributed by atoms with E-state index in [1.54, 1.807) is 12.1 Å². The quantitative estimate of drug-likeness (QED) is 0.510. The van der Waals surface area contributed by atoms with Gasteiger partial charge in [0.15, 0.2) is 0 Å². The lowest BCUT2D eigenvalue weighted by atomic mass is 9.97. The van der Waals surface area contributed by atoms with Gasteiger partial charge >= 0.3 is 0 Å². The van der Waals surface area contributed by atoms with Crippen LogP contribution < -0.4 is 4.72 Å². The van der Waals surface area contributed by atoms with Crippen LogP contribution in [0.5, 0.6) is 0 Å². The normalized spacial score (nSPS) is 12.8. The summed E-state index contributed by atoms with van der Waals surface area (Å²) in [6.07, 6.45) is 0. The van der Waals surface area contributed by atoms with Crippen molar-refractivity contribution in [3.63, 3.8) is 0 Å². The molecule has 0 bridgehead atoms. The Bertz CT molecular complexity index is 1200. The fraction of sp³-hybridized carbons (Fsp3) is 0.0833. The minimum atomic E-state index is -3.68. The molecule has 140 valence electrons. The molecular formula is C24H21NO2S. The third kappa shape index (κ3) is 3.84. The van der Waals surface area contributed by atoms with Crippen molar-refractivity contribution in [2.24, 2.45) is 0 Å². The molecule has 0 aromatic heterocycles. The number of hydrogen-bond acceptors (Lipinski definition) is 2. The van der Waals surface area contributed by atoms with E-state index in [1.807, 2.05) is 91.9 Å². The summed E-state index contributed by atoms with van der Waals surface area (Å²) in [6, 6.07) is 30.2. The van der Waals surface area contributed by atoms with Gasteiger partial charge in [-0.1, -0.05) is 84.4 Å². The zero-order valence-corrected chi connectivity index (χ0v) is 16.4. The number of benzene rings is 4. The van der Waals surface area contributed by atoms with Crippen molar-refractivity contribution >= 4 is 20.8 Å². The second-order valence-corrected chi connectivity index (χ2v) is 8.60. The van der Waals surface area contributed by atoms with Gasteiger partial charge in [-0.15, -0.1) is 0 Å². The summed E-state index contributed by atoms with van der Waals surface area (Å²) in [7, 11) is -3.68. The van der Waals surface area contributed by atoms with Crippen LogP contribution >= 0.6 is 0 Å². The second-order valence-electron chi connectivity index (χ2n) is 6.88. The van der Waals surface area contributed by atoms with Crippen molar-refractivity contribution in [1.29, 1.82) is 0 Å². The van der Waals surface area contributed by atoms with Crippen LogP contribution in [0.4, 0.5) is 0 Å². The lowest BCUT2D eigenvalue weighted by Crippen LogP contribution is -2.29. The molecule has 0 aliphatic carbocycles. The molecule has 0 heterocycles. The van der Waals surface area contributed by atoms with Gasteiger partial charge in [0.1, 0.15) is 0 Å². The highest BCUT2D eigenvalue weighted by molar-refractivity contribution is 7.89. The maximum atomic E-state index is 13.1. The van der Waals surface area contributed by atoms with E-state index in [-0.39, 0.29) is 4.90 Å². The van der Waals surface area contributed by atoms with Gasteiger partial charge in [0.25, 0.3) is 0 Å². The zero-order valence-electron chi connectivity index (χ0n) is 15.5. The van der Waals surface area contributed by atoms with Crippen LogP contribution in [0.15, 0.2) is 102 Å². The van der Waals surface area contributed by atoms with Gasteiger partial charge in [0.05, 0.1) is 10.9 Å². The van der Waals surface area contributed by atoms with E-state index < -0.39 is 16.1 Å². The maximum absolute atomic E-state index is 13.1. The van der Waals surface area contributed by atoms with Gasteiger partial charge in [0, 0.05) is 0 Å².